The second kappa shape index (κ2) is 7.09. The van der Waals surface area contributed by atoms with Crippen LogP contribution in [0.2, 0.25) is 0 Å². The molecule has 0 aliphatic heterocycles. The van der Waals surface area contributed by atoms with Gasteiger partial charge in [0.05, 0.1) is 5.54 Å². The van der Waals surface area contributed by atoms with Gasteiger partial charge in [0.25, 0.3) is 0 Å². The summed E-state index contributed by atoms with van der Waals surface area (Å²) in [5, 5.41) is 6.20. The number of hydrogen-bond donors (Lipinski definition) is 1. The van der Waals surface area contributed by atoms with Crippen LogP contribution in [0.25, 0.3) is 0 Å². The van der Waals surface area contributed by atoms with E-state index in [0.717, 1.165) is 0 Å². The molecule has 1 nitrogen and oxygen atoms in total. The van der Waals surface area contributed by atoms with E-state index in [9.17, 15) is 0 Å². The highest BCUT2D eigenvalue weighted by atomic mass is 32.1. The zero-order valence-electron chi connectivity index (χ0n) is 13.5. The Morgan fingerprint density at radius 2 is 2.00 bits per heavy atom. The van der Waals surface area contributed by atoms with Gasteiger partial charge in [-0.3, -0.25) is 0 Å². The molecule has 1 heterocycles. The largest absolute Gasteiger partial charge is 0.307 e. The molecule has 1 fully saturated rings. The van der Waals surface area contributed by atoms with Crippen molar-refractivity contribution in [2.75, 3.05) is 6.54 Å². The number of unbranched alkanes of at least 4 members (excludes halogenated alkanes) is 2. The van der Waals surface area contributed by atoms with Crippen molar-refractivity contribution in [3.8, 4) is 0 Å². The molecule has 0 saturated heterocycles. The zero-order chi connectivity index (χ0) is 14.5. The van der Waals surface area contributed by atoms with Gasteiger partial charge in [0.2, 0.25) is 0 Å². The van der Waals surface area contributed by atoms with E-state index in [2.05, 4.69) is 43.6 Å². The Bertz CT molecular complexity index is 382. The molecule has 0 spiro atoms. The molecule has 114 valence electrons. The minimum Gasteiger partial charge on any atom is -0.307 e. The lowest BCUT2D eigenvalue weighted by Gasteiger charge is -2.34. The van der Waals surface area contributed by atoms with E-state index in [4.69, 9.17) is 0 Å². The Morgan fingerprint density at radius 1 is 1.15 bits per heavy atom. The molecule has 1 atom stereocenters. The summed E-state index contributed by atoms with van der Waals surface area (Å²) in [4.78, 5) is 1.56. The van der Waals surface area contributed by atoms with Crippen LogP contribution >= 0.6 is 11.3 Å². The smallest absolute Gasteiger partial charge is 0.0528 e. The van der Waals surface area contributed by atoms with Gasteiger partial charge >= 0.3 is 0 Å². The van der Waals surface area contributed by atoms with Gasteiger partial charge in [-0.05, 0) is 55.5 Å². The molecule has 0 bridgehead atoms. The maximum absolute atomic E-state index is 3.96. The average molecular weight is 294 g/mol. The fraction of sp³-hybridized carbons (Fsp3) is 0.778. The van der Waals surface area contributed by atoms with Crippen LogP contribution in [0, 0.1) is 5.41 Å². The van der Waals surface area contributed by atoms with Crippen molar-refractivity contribution in [2.24, 2.45) is 5.41 Å². The highest BCUT2D eigenvalue weighted by Crippen LogP contribution is 2.44. The molecule has 1 aliphatic carbocycles. The molecule has 1 N–H and O–H groups in total. The van der Waals surface area contributed by atoms with Crippen molar-refractivity contribution < 1.29 is 0 Å². The van der Waals surface area contributed by atoms with Gasteiger partial charge in [0.15, 0.2) is 0 Å². The van der Waals surface area contributed by atoms with Crippen LogP contribution < -0.4 is 5.32 Å². The summed E-state index contributed by atoms with van der Waals surface area (Å²) >= 11 is 1.94. The predicted molar refractivity (Wildman–Crippen MR) is 90.4 cm³/mol. The summed E-state index contributed by atoms with van der Waals surface area (Å²) in [6.45, 7) is 8.33. The van der Waals surface area contributed by atoms with Gasteiger partial charge in [-0.15, -0.1) is 11.3 Å². The minimum atomic E-state index is 0.260. The molecule has 0 radical (unpaired) electrons. The Balaban J connectivity index is 2.08. The molecule has 0 aromatic carbocycles. The molecule has 0 amide bonds. The van der Waals surface area contributed by atoms with Gasteiger partial charge in [-0.25, -0.2) is 0 Å². The summed E-state index contributed by atoms with van der Waals surface area (Å²) < 4.78 is 0. The van der Waals surface area contributed by atoms with Crippen molar-refractivity contribution in [1.29, 1.82) is 0 Å². The van der Waals surface area contributed by atoms with Crippen LogP contribution in [0.1, 0.15) is 77.0 Å². The van der Waals surface area contributed by atoms with Gasteiger partial charge in [0, 0.05) is 4.88 Å². The SMILES string of the molecule is CCCCCNC1(c2cccs2)CCCC(C)(C)CC1. The van der Waals surface area contributed by atoms with E-state index in [0.29, 0.717) is 5.41 Å². The molecular formula is C18H31NS. The summed E-state index contributed by atoms with van der Waals surface area (Å²) in [6.07, 6.45) is 10.6. The minimum absolute atomic E-state index is 0.260. The summed E-state index contributed by atoms with van der Waals surface area (Å²) in [5.74, 6) is 0. The second-order valence-corrected chi connectivity index (χ2v) is 8.16. The van der Waals surface area contributed by atoms with Crippen LogP contribution in [0.4, 0.5) is 0 Å². The zero-order valence-corrected chi connectivity index (χ0v) is 14.3. The maximum Gasteiger partial charge on any atom is 0.0528 e. The van der Waals surface area contributed by atoms with Gasteiger partial charge in [-0.1, -0.05) is 46.1 Å². The van der Waals surface area contributed by atoms with E-state index in [1.54, 1.807) is 4.88 Å². The van der Waals surface area contributed by atoms with Gasteiger partial charge in [-0.2, -0.15) is 0 Å². The fourth-order valence-electron chi connectivity index (χ4n) is 3.43. The van der Waals surface area contributed by atoms with Crippen LogP contribution in [0.5, 0.6) is 0 Å². The average Bonchev–Trinajstić information content (AvgIpc) is 2.90. The van der Waals surface area contributed by atoms with Crippen molar-refractivity contribution >= 4 is 11.3 Å². The third-order valence-electron chi connectivity index (χ3n) is 4.92. The monoisotopic (exact) mass is 293 g/mol. The molecule has 2 rings (SSSR count). The third-order valence-corrected chi connectivity index (χ3v) is 6.00. The highest BCUT2D eigenvalue weighted by molar-refractivity contribution is 7.10. The topological polar surface area (TPSA) is 12.0 Å². The quantitative estimate of drug-likeness (QED) is 0.523. The number of thiophene rings is 1. The van der Waals surface area contributed by atoms with E-state index in [-0.39, 0.29) is 5.54 Å². The van der Waals surface area contributed by atoms with Crippen molar-refractivity contribution in [1.82, 2.24) is 5.32 Å². The Hall–Kier alpha value is -0.340. The lowest BCUT2D eigenvalue weighted by Crippen LogP contribution is -2.42. The molecule has 1 aromatic heterocycles. The fourth-order valence-corrected chi connectivity index (χ4v) is 4.40. The standard InChI is InChI=1S/C18H31NS/c1-4-5-6-14-19-18(16-9-7-15-20-16)11-8-10-17(2,3)12-13-18/h7,9,15,19H,4-6,8,10-14H2,1-3H3. The first-order chi connectivity index (χ1) is 9.58. The Morgan fingerprint density at radius 3 is 2.70 bits per heavy atom. The molecular weight excluding hydrogens is 262 g/mol. The van der Waals surface area contributed by atoms with Crippen LogP contribution in [0.15, 0.2) is 17.5 Å². The summed E-state index contributed by atoms with van der Waals surface area (Å²) in [6, 6.07) is 4.56. The third kappa shape index (κ3) is 4.08. The van der Waals surface area contributed by atoms with Gasteiger partial charge < -0.3 is 5.32 Å². The lowest BCUT2D eigenvalue weighted by atomic mass is 9.83. The molecule has 1 aliphatic rings. The summed E-state index contributed by atoms with van der Waals surface area (Å²) in [5.41, 5.74) is 0.778. The van der Waals surface area contributed by atoms with Crippen molar-refractivity contribution in [2.45, 2.75) is 77.7 Å². The normalized spacial score (nSPS) is 26.4. The molecule has 1 saturated carbocycles. The number of hydrogen-bond acceptors (Lipinski definition) is 2. The number of rotatable bonds is 6. The second-order valence-electron chi connectivity index (χ2n) is 7.21. The Kier molecular flexibility index (Phi) is 5.68. The molecule has 1 unspecified atom stereocenters. The van der Waals surface area contributed by atoms with E-state index >= 15 is 0 Å². The lowest BCUT2D eigenvalue weighted by molar-refractivity contribution is 0.267. The first kappa shape index (κ1) is 16.0. The molecule has 2 heteroatoms. The first-order valence-electron chi connectivity index (χ1n) is 8.37. The Labute approximate surface area is 129 Å². The van der Waals surface area contributed by atoms with E-state index < -0.39 is 0 Å². The van der Waals surface area contributed by atoms with Gasteiger partial charge in [0.1, 0.15) is 0 Å². The maximum atomic E-state index is 3.96. The molecule has 20 heavy (non-hydrogen) atoms. The first-order valence-corrected chi connectivity index (χ1v) is 9.25. The predicted octanol–water partition coefficient (Wildman–Crippen LogP) is 5.71. The summed E-state index contributed by atoms with van der Waals surface area (Å²) in [7, 11) is 0. The van der Waals surface area contributed by atoms with Crippen molar-refractivity contribution in [3.05, 3.63) is 22.4 Å². The van der Waals surface area contributed by atoms with Crippen LogP contribution in [-0.4, -0.2) is 6.54 Å². The molecule has 1 aromatic rings. The van der Waals surface area contributed by atoms with Crippen LogP contribution in [-0.2, 0) is 5.54 Å². The number of nitrogens with one attached hydrogen (secondary N) is 1. The van der Waals surface area contributed by atoms with E-state index in [1.807, 2.05) is 11.3 Å². The van der Waals surface area contributed by atoms with Crippen molar-refractivity contribution in [3.63, 3.8) is 0 Å². The van der Waals surface area contributed by atoms with Crippen LogP contribution in [0.3, 0.4) is 0 Å². The highest BCUT2D eigenvalue weighted by Gasteiger charge is 2.37. The van der Waals surface area contributed by atoms with E-state index in [1.165, 1.54) is 57.9 Å².